The van der Waals surface area contributed by atoms with Gasteiger partial charge in [-0.05, 0) is 13.3 Å². The van der Waals surface area contributed by atoms with Gasteiger partial charge < -0.3 is 4.90 Å². The second-order valence-electron chi connectivity index (χ2n) is 3.74. The zero-order chi connectivity index (χ0) is 10.8. The quantitative estimate of drug-likeness (QED) is 0.729. The van der Waals surface area contributed by atoms with Gasteiger partial charge in [0.05, 0.1) is 12.4 Å². The summed E-state index contributed by atoms with van der Waals surface area (Å²) in [6.45, 7) is 3.00. The predicted molar refractivity (Wildman–Crippen MR) is 53.0 cm³/mol. The molecule has 0 bridgehead atoms. The van der Waals surface area contributed by atoms with Crippen LogP contribution in [0, 0.1) is 11.7 Å². The molecule has 0 saturated carbocycles. The topological polar surface area (TPSA) is 46.1 Å². The molecular weight excluding hydrogens is 197 g/mol. The smallest absolute Gasteiger partial charge is 0.225 e. The van der Waals surface area contributed by atoms with Crippen molar-refractivity contribution in [3.05, 3.63) is 18.2 Å². The van der Waals surface area contributed by atoms with E-state index in [4.69, 9.17) is 0 Å². The standard InChI is InChI=1S/C10H12FN3O/c1-7(15)8-2-3-14(6-8)10-12-4-9(11)5-13-10/h4-5,8H,2-3,6H2,1H3/t8-/m1/s1. The summed E-state index contributed by atoms with van der Waals surface area (Å²) in [6, 6.07) is 0. The molecule has 5 heteroatoms. The van der Waals surface area contributed by atoms with Gasteiger partial charge in [0, 0.05) is 19.0 Å². The molecule has 0 amide bonds. The molecule has 15 heavy (non-hydrogen) atoms. The minimum atomic E-state index is -0.443. The average Bonchev–Trinajstić information content (AvgIpc) is 2.68. The fraction of sp³-hybridized carbons (Fsp3) is 0.500. The van der Waals surface area contributed by atoms with E-state index in [-0.39, 0.29) is 11.7 Å². The number of ketones is 1. The van der Waals surface area contributed by atoms with Crippen LogP contribution in [-0.2, 0) is 4.79 Å². The monoisotopic (exact) mass is 209 g/mol. The Labute approximate surface area is 87.1 Å². The van der Waals surface area contributed by atoms with Gasteiger partial charge in [-0.15, -0.1) is 0 Å². The molecule has 0 unspecified atom stereocenters. The molecule has 80 valence electrons. The summed E-state index contributed by atoms with van der Waals surface area (Å²) in [5.74, 6) is 0.319. The van der Waals surface area contributed by atoms with Gasteiger partial charge in [-0.25, -0.2) is 14.4 Å². The number of hydrogen-bond acceptors (Lipinski definition) is 4. The Hall–Kier alpha value is -1.52. The third-order valence-corrected chi connectivity index (χ3v) is 2.65. The van der Waals surface area contributed by atoms with Gasteiger partial charge in [0.15, 0.2) is 5.82 Å². The van der Waals surface area contributed by atoms with Gasteiger partial charge in [-0.3, -0.25) is 4.79 Å². The van der Waals surface area contributed by atoms with Gasteiger partial charge in [0.2, 0.25) is 5.95 Å². The van der Waals surface area contributed by atoms with E-state index in [0.29, 0.717) is 12.5 Å². The van der Waals surface area contributed by atoms with E-state index < -0.39 is 5.82 Å². The third kappa shape index (κ3) is 2.11. The molecule has 2 heterocycles. The van der Waals surface area contributed by atoms with Gasteiger partial charge in [-0.2, -0.15) is 0 Å². The van der Waals surface area contributed by atoms with Crippen molar-refractivity contribution in [2.45, 2.75) is 13.3 Å². The van der Waals surface area contributed by atoms with Crippen LogP contribution in [0.5, 0.6) is 0 Å². The summed E-state index contributed by atoms with van der Waals surface area (Å²) in [5.41, 5.74) is 0. The van der Waals surface area contributed by atoms with Crippen molar-refractivity contribution >= 4 is 11.7 Å². The summed E-state index contributed by atoms with van der Waals surface area (Å²) in [4.78, 5) is 20.8. The highest BCUT2D eigenvalue weighted by Gasteiger charge is 2.27. The van der Waals surface area contributed by atoms with Crippen LogP contribution in [0.25, 0.3) is 0 Å². The fourth-order valence-corrected chi connectivity index (χ4v) is 1.74. The molecule has 0 N–H and O–H groups in total. The third-order valence-electron chi connectivity index (χ3n) is 2.65. The van der Waals surface area contributed by atoms with Crippen LogP contribution >= 0.6 is 0 Å². The van der Waals surface area contributed by atoms with E-state index in [0.717, 1.165) is 25.4 Å². The highest BCUT2D eigenvalue weighted by molar-refractivity contribution is 5.79. The van der Waals surface area contributed by atoms with E-state index in [2.05, 4.69) is 9.97 Å². The Morgan fingerprint density at radius 1 is 1.53 bits per heavy atom. The van der Waals surface area contributed by atoms with Crippen LogP contribution in [0.4, 0.5) is 10.3 Å². The van der Waals surface area contributed by atoms with E-state index >= 15 is 0 Å². The first-order chi connectivity index (χ1) is 7.16. The van der Waals surface area contributed by atoms with Crippen molar-refractivity contribution in [3.63, 3.8) is 0 Å². The molecular formula is C10H12FN3O. The molecule has 0 aliphatic carbocycles. The van der Waals surface area contributed by atoms with E-state index in [1.54, 1.807) is 6.92 Å². The highest BCUT2D eigenvalue weighted by Crippen LogP contribution is 2.20. The second-order valence-corrected chi connectivity index (χ2v) is 3.74. The molecule has 1 aliphatic heterocycles. The number of hydrogen-bond donors (Lipinski definition) is 0. The van der Waals surface area contributed by atoms with Crippen molar-refractivity contribution in [3.8, 4) is 0 Å². The highest BCUT2D eigenvalue weighted by atomic mass is 19.1. The Balaban J connectivity index is 2.07. The van der Waals surface area contributed by atoms with Crippen LogP contribution in [-0.4, -0.2) is 28.8 Å². The van der Waals surface area contributed by atoms with Crippen LogP contribution in [0.2, 0.25) is 0 Å². The maximum absolute atomic E-state index is 12.6. The number of carbonyl (C=O) groups excluding carboxylic acids is 1. The van der Waals surface area contributed by atoms with Crippen molar-refractivity contribution in [2.75, 3.05) is 18.0 Å². The first kappa shape index (κ1) is 10.0. The first-order valence-corrected chi connectivity index (χ1v) is 4.90. The Morgan fingerprint density at radius 2 is 2.20 bits per heavy atom. The zero-order valence-electron chi connectivity index (χ0n) is 8.48. The van der Waals surface area contributed by atoms with Crippen LogP contribution in [0.15, 0.2) is 12.4 Å². The lowest BCUT2D eigenvalue weighted by Crippen LogP contribution is -2.23. The van der Waals surface area contributed by atoms with Crippen molar-refractivity contribution in [1.82, 2.24) is 9.97 Å². The lowest BCUT2D eigenvalue weighted by Gasteiger charge is -2.14. The summed E-state index contributed by atoms with van der Waals surface area (Å²) in [5, 5.41) is 0. The molecule has 0 spiro atoms. The number of nitrogens with zero attached hydrogens (tertiary/aromatic N) is 3. The average molecular weight is 209 g/mol. The lowest BCUT2D eigenvalue weighted by molar-refractivity contribution is -0.120. The fourth-order valence-electron chi connectivity index (χ4n) is 1.74. The number of halogens is 1. The molecule has 1 atom stereocenters. The van der Waals surface area contributed by atoms with Gasteiger partial charge in [0.1, 0.15) is 5.78 Å². The Bertz CT molecular complexity index is 365. The molecule has 1 aliphatic rings. The van der Waals surface area contributed by atoms with Gasteiger partial charge >= 0.3 is 0 Å². The largest absolute Gasteiger partial charge is 0.340 e. The number of anilines is 1. The van der Waals surface area contributed by atoms with E-state index in [1.165, 1.54) is 0 Å². The van der Waals surface area contributed by atoms with E-state index in [9.17, 15) is 9.18 Å². The summed E-state index contributed by atoms with van der Waals surface area (Å²) in [6.07, 6.45) is 3.11. The molecule has 1 aromatic heterocycles. The van der Waals surface area contributed by atoms with Gasteiger partial charge in [0.25, 0.3) is 0 Å². The number of rotatable bonds is 2. The molecule has 1 aromatic rings. The number of carbonyl (C=O) groups is 1. The predicted octanol–water partition coefficient (Wildman–Crippen LogP) is 1.03. The molecule has 0 radical (unpaired) electrons. The minimum Gasteiger partial charge on any atom is -0.340 e. The van der Waals surface area contributed by atoms with Crippen molar-refractivity contribution in [1.29, 1.82) is 0 Å². The SMILES string of the molecule is CC(=O)[C@@H]1CCN(c2ncc(F)cn2)C1. The summed E-state index contributed by atoms with van der Waals surface area (Å²) >= 11 is 0. The molecule has 1 saturated heterocycles. The van der Waals surface area contributed by atoms with Gasteiger partial charge in [-0.1, -0.05) is 0 Å². The second kappa shape index (κ2) is 3.92. The minimum absolute atomic E-state index is 0.0682. The molecule has 4 nitrogen and oxygen atoms in total. The maximum Gasteiger partial charge on any atom is 0.225 e. The Morgan fingerprint density at radius 3 is 2.73 bits per heavy atom. The molecule has 2 rings (SSSR count). The van der Waals surface area contributed by atoms with Crippen LogP contribution in [0.1, 0.15) is 13.3 Å². The first-order valence-electron chi connectivity index (χ1n) is 4.90. The van der Waals surface area contributed by atoms with Crippen molar-refractivity contribution in [2.24, 2.45) is 5.92 Å². The number of aromatic nitrogens is 2. The van der Waals surface area contributed by atoms with Crippen LogP contribution in [0.3, 0.4) is 0 Å². The normalized spacial score (nSPS) is 20.7. The lowest BCUT2D eigenvalue weighted by atomic mass is 10.1. The molecule has 0 aromatic carbocycles. The molecule has 1 fully saturated rings. The Kier molecular flexibility index (Phi) is 2.62. The number of Topliss-reactive ketones (excluding diaryl/α,β-unsaturated/α-hetero) is 1. The van der Waals surface area contributed by atoms with Crippen LogP contribution < -0.4 is 4.90 Å². The summed E-state index contributed by atoms with van der Waals surface area (Å²) < 4.78 is 12.6. The van der Waals surface area contributed by atoms with Crippen molar-refractivity contribution < 1.29 is 9.18 Å². The summed E-state index contributed by atoms with van der Waals surface area (Å²) in [7, 11) is 0. The zero-order valence-corrected chi connectivity index (χ0v) is 8.48. The maximum atomic E-state index is 12.6. The van der Waals surface area contributed by atoms with E-state index in [1.807, 2.05) is 4.90 Å².